The molecule has 1 aliphatic heterocycles. The summed E-state index contributed by atoms with van der Waals surface area (Å²) >= 11 is 15.1. The molecule has 3 rings (SSSR count). The Kier molecular flexibility index (Phi) is 4.80. The Morgan fingerprint density at radius 2 is 1.87 bits per heavy atom. The van der Waals surface area contributed by atoms with Crippen molar-refractivity contribution in [3.63, 3.8) is 0 Å². The highest BCUT2D eigenvalue weighted by molar-refractivity contribution is 9.10. The molecule has 0 saturated heterocycles. The second kappa shape index (κ2) is 6.83. The Labute approximate surface area is 150 Å². The van der Waals surface area contributed by atoms with Gasteiger partial charge >= 0.3 is 5.97 Å². The number of halogens is 3. The smallest absolute Gasteiger partial charge is 0.336 e. The lowest BCUT2D eigenvalue weighted by Crippen LogP contribution is -2.03. The zero-order chi connectivity index (χ0) is 16.4. The molecule has 0 N–H and O–H groups in total. The fraction of sp³-hybridized carbons (Fsp3) is 0.0625. The molecule has 0 bridgehead atoms. The van der Waals surface area contributed by atoms with Crippen LogP contribution in [0.15, 0.2) is 40.9 Å². The summed E-state index contributed by atoms with van der Waals surface area (Å²) in [6.07, 6.45) is 2.93. The molecule has 0 fully saturated rings. The molecular weight excluding hydrogens is 407 g/mol. The van der Waals surface area contributed by atoms with Crippen molar-refractivity contribution in [2.75, 3.05) is 6.79 Å². The van der Waals surface area contributed by atoms with Gasteiger partial charge in [0, 0.05) is 16.6 Å². The van der Waals surface area contributed by atoms with Crippen LogP contribution < -0.4 is 14.2 Å². The summed E-state index contributed by atoms with van der Waals surface area (Å²) in [4.78, 5) is 11.9. The maximum Gasteiger partial charge on any atom is 0.336 e. The lowest BCUT2D eigenvalue weighted by Gasteiger charge is -2.04. The van der Waals surface area contributed by atoms with E-state index in [1.54, 1.807) is 30.3 Å². The Balaban J connectivity index is 1.72. The molecule has 7 heteroatoms. The largest absolute Gasteiger partial charge is 0.454 e. The third kappa shape index (κ3) is 3.80. The summed E-state index contributed by atoms with van der Waals surface area (Å²) in [7, 11) is 0. The molecule has 4 nitrogen and oxygen atoms in total. The number of hydrogen-bond donors (Lipinski definition) is 0. The van der Waals surface area contributed by atoms with Gasteiger partial charge in [0.15, 0.2) is 11.5 Å². The maximum atomic E-state index is 11.9. The van der Waals surface area contributed by atoms with E-state index in [0.29, 0.717) is 27.3 Å². The van der Waals surface area contributed by atoms with E-state index < -0.39 is 5.97 Å². The lowest BCUT2D eigenvalue weighted by atomic mass is 10.2. The first-order valence-corrected chi connectivity index (χ1v) is 8.02. The molecule has 0 amide bonds. The van der Waals surface area contributed by atoms with Gasteiger partial charge in [0.05, 0.1) is 10.0 Å². The van der Waals surface area contributed by atoms with E-state index in [0.717, 1.165) is 10.0 Å². The van der Waals surface area contributed by atoms with Gasteiger partial charge in [-0.3, -0.25) is 0 Å². The number of rotatable bonds is 3. The lowest BCUT2D eigenvalue weighted by molar-refractivity contribution is -0.128. The average Bonchev–Trinajstić information content (AvgIpc) is 2.95. The van der Waals surface area contributed by atoms with Gasteiger partial charge in [0.25, 0.3) is 0 Å². The topological polar surface area (TPSA) is 44.8 Å². The summed E-state index contributed by atoms with van der Waals surface area (Å²) in [5.74, 6) is 1.07. The second-order valence-electron chi connectivity index (χ2n) is 4.56. The Morgan fingerprint density at radius 1 is 1.13 bits per heavy atom. The van der Waals surface area contributed by atoms with Crippen LogP contribution in [-0.4, -0.2) is 12.8 Å². The van der Waals surface area contributed by atoms with Crippen molar-refractivity contribution in [1.82, 2.24) is 0 Å². The third-order valence-electron chi connectivity index (χ3n) is 3.00. The van der Waals surface area contributed by atoms with E-state index in [2.05, 4.69) is 15.9 Å². The van der Waals surface area contributed by atoms with E-state index in [-0.39, 0.29) is 6.79 Å². The molecule has 0 aliphatic carbocycles. The Bertz CT molecular complexity index is 805. The molecule has 118 valence electrons. The molecule has 1 heterocycles. The molecule has 23 heavy (non-hydrogen) atoms. The highest BCUT2D eigenvalue weighted by Crippen LogP contribution is 2.37. The minimum absolute atomic E-state index is 0.189. The number of esters is 1. The van der Waals surface area contributed by atoms with Crippen LogP contribution in [0.5, 0.6) is 17.2 Å². The minimum atomic E-state index is -0.534. The Hall–Kier alpha value is -1.69. The van der Waals surface area contributed by atoms with Crippen molar-refractivity contribution < 1.29 is 19.0 Å². The van der Waals surface area contributed by atoms with Gasteiger partial charge in [-0.15, -0.1) is 0 Å². The van der Waals surface area contributed by atoms with E-state index in [1.807, 2.05) is 0 Å². The molecule has 1 aliphatic rings. The predicted octanol–water partition coefficient (Wildman–Crippen LogP) is 5.10. The van der Waals surface area contributed by atoms with Crippen LogP contribution in [0.1, 0.15) is 5.56 Å². The van der Waals surface area contributed by atoms with Gasteiger partial charge < -0.3 is 14.2 Å². The summed E-state index contributed by atoms with van der Waals surface area (Å²) in [6, 6.07) is 8.16. The van der Waals surface area contributed by atoms with Crippen LogP contribution in [0.25, 0.3) is 6.08 Å². The zero-order valence-corrected chi connectivity index (χ0v) is 14.6. The SMILES string of the molecule is O=C(C=Cc1cc2c(cc1Br)OCO2)Oc1ccc(Cl)c(Cl)c1. The van der Waals surface area contributed by atoms with Crippen molar-refractivity contribution in [2.24, 2.45) is 0 Å². The van der Waals surface area contributed by atoms with Gasteiger partial charge in [-0.2, -0.15) is 0 Å². The fourth-order valence-corrected chi connectivity index (χ4v) is 2.65. The minimum Gasteiger partial charge on any atom is -0.454 e. The van der Waals surface area contributed by atoms with Crippen molar-refractivity contribution >= 4 is 51.2 Å². The average molecular weight is 416 g/mol. The highest BCUT2D eigenvalue weighted by atomic mass is 79.9. The molecule has 2 aromatic carbocycles. The van der Waals surface area contributed by atoms with Crippen molar-refractivity contribution in [3.05, 3.63) is 56.5 Å². The fourth-order valence-electron chi connectivity index (χ4n) is 1.91. The quantitative estimate of drug-likeness (QED) is 0.397. The van der Waals surface area contributed by atoms with Gasteiger partial charge in [0.2, 0.25) is 6.79 Å². The van der Waals surface area contributed by atoms with E-state index in [9.17, 15) is 4.79 Å². The van der Waals surface area contributed by atoms with Crippen LogP contribution in [0, 0.1) is 0 Å². The second-order valence-corrected chi connectivity index (χ2v) is 6.23. The first kappa shape index (κ1) is 16.2. The molecule has 0 saturated carbocycles. The number of ether oxygens (including phenoxy) is 3. The van der Waals surface area contributed by atoms with Gasteiger partial charge in [-0.1, -0.05) is 39.1 Å². The number of hydrogen-bond acceptors (Lipinski definition) is 4. The standard InChI is InChI=1S/C16H9BrCl2O4/c17-11-7-15-14(21-8-22-15)5-9(11)1-4-16(20)23-10-2-3-12(18)13(19)6-10/h1-7H,8H2. The van der Waals surface area contributed by atoms with Gasteiger partial charge in [-0.05, 0) is 35.9 Å². The number of carbonyl (C=O) groups is 1. The molecule has 0 atom stereocenters. The molecule has 0 radical (unpaired) electrons. The van der Waals surface area contributed by atoms with Gasteiger partial charge in [-0.25, -0.2) is 4.79 Å². The monoisotopic (exact) mass is 414 g/mol. The number of fused-ring (bicyclic) bond motifs is 1. The predicted molar refractivity (Wildman–Crippen MR) is 91.4 cm³/mol. The molecule has 2 aromatic rings. The molecule has 0 spiro atoms. The number of carbonyl (C=O) groups excluding carboxylic acids is 1. The van der Waals surface area contributed by atoms with Crippen LogP contribution in [0.2, 0.25) is 10.0 Å². The third-order valence-corrected chi connectivity index (χ3v) is 4.43. The van der Waals surface area contributed by atoms with Crippen molar-refractivity contribution in [1.29, 1.82) is 0 Å². The van der Waals surface area contributed by atoms with Gasteiger partial charge in [0.1, 0.15) is 5.75 Å². The molecule has 0 unspecified atom stereocenters. The zero-order valence-electron chi connectivity index (χ0n) is 11.5. The first-order valence-electron chi connectivity index (χ1n) is 6.47. The first-order chi connectivity index (χ1) is 11.0. The van der Waals surface area contributed by atoms with Crippen LogP contribution in [-0.2, 0) is 4.79 Å². The summed E-state index contributed by atoms with van der Waals surface area (Å²) in [6.45, 7) is 0.189. The highest BCUT2D eigenvalue weighted by Gasteiger charge is 2.15. The van der Waals surface area contributed by atoms with E-state index in [1.165, 1.54) is 12.1 Å². The van der Waals surface area contributed by atoms with E-state index >= 15 is 0 Å². The summed E-state index contributed by atoms with van der Waals surface area (Å²) < 4.78 is 16.5. The maximum absolute atomic E-state index is 11.9. The summed E-state index contributed by atoms with van der Waals surface area (Å²) in [5.41, 5.74) is 0.764. The summed E-state index contributed by atoms with van der Waals surface area (Å²) in [5, 5.41) is 0.714. The van der Waals surface area contributed by atoms with E-state index in [4.69, 9.17) is 37.4 Å². The molecular formula is C16H9BrCl2O4. The van der Waals surface area contributed by atoms with Crippen LogP contribution in [0.3, 0.4) is 0 Å². The normalized spacial score (nSPS) is 12.7. The van der Waals surface area contributed by atoms with Crippen LogP contribution >= 0.6 is 39.1 Å². The number of benzene rings is 2. The van der Waals surface area contributed by atoms with Crippen LogP contribution in [0.4, 0.5) is 0 Å². The van der Waals surface area contributed by atoms with Crippen molar-refractivity contribution in [3.8, 4) is 17.2 Å². The molecule has 0 aromatic heterocycles. The Morgan fingerprint density at radius 3 is 2.61 bits per heavy atom. The van der Waals surface area contributed by atoms with Crippen molar-refractivity contribution in [2.45, 2.75) is 0 Å².